The van der Waals surface area contributed by atoms with Gasteiger partial charge in [0, 0.05) is 13.0 Å². The minimum absolute atomic E-state index is 0.0372. The number of hydrogen-bond acceptors (Lipinski definition) is 7. The number of carbonyl (C=O) groups is 3. The van der Waals surface area contributed by atoms with Gasteiger partial charge in [-0.2, -0.15) is 9.61 Å². The molecule has 0 aliphatic carbocycles. The van der Waals surface area contributed by atoms with E-state index >= 15 is 0 Å². The van der Waals surface area contributed by atoms with E-state index in [1.165, 1.54) is 22.2 Å². The summed E-state index contributed by atoms with van der Waals surface area (Å²) in [4.78, 5) is 38.2. The van der Waals surface area contributed by atoms with Crippen molar-refractivity contribution in [1.29, 1.82) is 0 Å². The highest BCUT2D eigenvalue weighted by Crippen LogP contribution is 2.22. The minimum Gasteiger partial charge on any atom is -0.349 e. The summed E-state index contributed by atoms with van der Waals surface area (Å²) in [5.41, 5.74) is 0.764. The maximum Gasteiger partial charge on any atom is 0.261 e. The lowest BCUT2D eigenvalue weighted by Gasteiger charge is -2.13. The van der Waals surface area contributed by atoms with Gasteiger partial charge in [0.25, 0.3) is 11.8 Å². The lowest BCUT2D eigenvalue weighted by molar-refractivity contribution is -0.121. The number of rotatable bonds is 5. The van der Waals surface area contributed by atoms with Crippen molar-refractivity contribution in [2.75, 3.05) is 6.54 Å². The third-order valence-electron chi connectivity index (χ3n) is 3.81. The van der Waals surface area contributed by atoms with Gasteiger partial charge in [-0.05, 0) is 12.1 Å². The molecule has 0 bridgehead atoms. The Balaban J connectivity index is 1.32. The van der Waals surface area contributed by atoms with E-state index in [2.05, 4.69) is 20.6 Å². The van der Waals surface area contributed by atoms with Crippen LogP contribution < -0.4 is 5.32 Å². The molecule has 1 aliphatic heterocycles. The fraction of sp³-hybridized carbons (Fsp3) is 0.200. The van der Waals surface area contributed by atoms with Gasteiger partial charge in [-0.1, -0.05) is 23.5 Å². The van der Waals surface area contributed by atoms with Crippen molar-refractivity contribution in [1.82, 2.24) is 30.0 Å². The predicted molar refractivity (Wildman–Crippen MR) is 86.9 cm³/mol. The van der Waals surface area contributed by atoms with Crippen molar-refractivity contribution in [2.24, 2.45) is 0 Å². The highest BCUT2D eigenvalue weighted by atomic mass is 32.1. The first-order valence-electron chi connectivity index (χ1n) is 7.51. The van der Waals surface area contributed by atoms with E-state index in [1.54, 1.807) is 24.3 Å². The number of benzene rings is 1. The predicted octanol–water partition coefficient (Wildman–Crippen LogP) is 0.488. The smallest absolute Gasteiger partial charge is 0.261 e. The molecule has 0 spiro atoms. The van der Waals surface area contributed by atoms with Gasteiger partial charge in [0.1, 0.15) is 11.3 Å². The van der Waals surface area contributed by atoms with Crippen LogP contribution >= 0.6 is 11.3 Å². The summed E-state index contributed by atoms with van der Waals surface area (Å²) in [7, 11) is 0. The Morgan fingerprint density at radius 1 is 1.16 bits per heavy atom. The van der Waals surface area contributed by atoms with E-state index in [4.69, 9.17) is 0 Å². The van der Waals surface area contributed by atoms with E-state index in [0.29, 0.717) is 21.1 Å². The van der Waals surface area contributed by atoms with Gasteiger partial charge in [-0.15, -0.1) is 10.2 Å². The lowest BCUT2D eigenvalue weighted by atomic mass is 10.1. The van der Waals surface area contributed by atoms with Gasteiger partial charge in [-0.3, -0.25) is 19.3 Å². The molecule has 25 heavy (non-hydrogen) atoms. The third-order valence-corrected chi connectivity index (χ3v) is 4.72. The van der Waals surface area contributed by atoms with Crippen LogP contribution in [0.15, 0.2) is 30.6 Å². The van der Waals surface area contributed by atoms with E-state index in [0.717, 1.165) is 4.90 Å². The van der Waals surface area contributed by atoms with Crippen LogP contribution in [-0.2, 0) is 11.3 Å². The molecule has 1 N–H and O–H groups in total. The van der Waals surface area contributed by atoms with Crippen LogP contribution in [0.5, 0.6) is 0 Å². The van der Waals surface area contributed by atoms with Gasteiger partial charge in [0.15, 0.2) is 0 Å². The number of nitrogens with zero attached hydrogens (tertiary/aromatic N) is 5. The quantitative estimate of drug-likeness (QED) is 0.666. The van der Waals surface area contributed by atoms with Crippen LogP contribution in [0.3, 0.4) is 0 Å². The average Bonchev–Trinajstić information content (AvgIpc) is 3.26. The van der Waals surface area contributed by atoms with Gasteiger partial charge in [-0.25, -0.2) is 0 Å². The number of fused-ring (bicyclic) bond motifs is 2. The first-order valence-corrected chi connectivity index (χ1v) is 8.33. The van der Waals surface area contributed by atoms with Gasteiger partial charge < -0.3 is 5.32 Å². The summed E-state index contributed by atoms with van der Waals surface area (Å²) in [5.74, 6) is -0.980. The molecule has 3 aromatic rings. The fourth-order valence-corrected chi connectivity index (χ4v) is 3.34. The molecule has 3 amide bonds. The molecule has 10 heteroatoms. The number of aromatic nitrogens is 4. The van der Waals surface area contributed by atoms with Crippen molar-refractivity contribution in [3.63, 3.8) is 0 Å². The minimum atomic E-state index is -0.359. The molecule has 3 heterocycles. The van der Waals surface area contributed by atoms with Crippen LogP contribution in [0.1, 0.15) is 32.1 Å². The second-order valence-electron chi connectivity index (χ2n) is 5.39. The fourth-order valence-electron chi connectivity index (χ4n) is 2.59. The molecule has 2 aromatic heterocycles. The highest BCUT2D eigenvalue weighted by molar-refractivity contribution is 7.16. The molecular weight excluding hydrogens is 344 g/mol. The Labute approximate surface area is 145 Å². The average molecular weight is 356 g/mol. The Kier molecular flexibility index (Phi) is 3.73. The zero-order chi connectivity index (χ0) is 17.4. The standard InChI is InChI=1S/C15H12N6O3S/c22-11(16-7-12-19-21-8-17-18-15(21)25-12)5-6-20-13(23)9-3-1-2-4-10(9)14(20)24/h1-4,8H,5-7H2,(H,16,22). The molecule has 0 unspecified atom stereocenters. The number of carbonyl (C=O) groups excluding carboxylic acids is 3. The molecule has 4 rings (SSSR count). The molecule has 0 saturated carbocycles. The maximum atomic E-state index is 12.2. The summed E-state index contributed by atoms with van der Waals surface area (Å²) < 4.78 is 1.53. The van der Waals surface area contributed by atoms with Crippen molar-refractivity contribution >= 4 is 34.0 Å². The van der Waals surface area contributed by atoms with Crippen molar-refractivity contribution in [3.8, 4) is 0 Å². The summed E-state index contributed by atoms with van der Waals surface area (Å²) in [6, 6.07) is 6.65. The van der Waals surface area contributed by atoms with Crippen molar-refractivity contribution < 1.29 is 14.4 Å². The summed E-state index contributed by atoms with van der Waals surface area (Å²) in [6.07, 6.45) is 1.52. The Bertz CT molecular complexity index is 930. The van der Waals surface area contributed by atoms with Crippen LogP contribution in [0, 0.1) is 0 Å². The molecule has 1 aliphatic rings. The second-order valence-corrected chi connectivity index (χ2v) is 6.43. The summed E-state index contributed by atoms with van der Waals surface area (Å²) in [5, 5.41) is 15.2. The number of amides is 3. The third kappa shape index (κ3) is 2.76. The van der Waals surface area contributed by atoms with Crippen LogP contribution in [0.4, 0.5) is 0 Å². The largest absolute Gasteiger partial charge is 0.349 e. The second kappa shape index (κ2) is 6.06. The normalized spacial score (nSPS) is 13.5. The zero-order valence-corrected chi connectivity index (χ0v) is 13.7. The van der Waals surface area contributed by atoms with Gasteiger partial charge in [0.05, 0.1) is 17.7 Å². The SMILES string of the molecule is O=C(CCN1C(=O)c2ccccc2C1=O)NCc1nn2cnnc2s1. The number of imide groups is 1. The molecule has 0 saturated heterocycles. The molecule has 9 nitrogen and oxygen atoms in total. The zero-order valence-electron chi connectivity index (χ0n) is 12.9. The van der Waals surface area contributed by atoms with Crippen LogP contribution in [0.25, 0.3) is 4.96 Å². The Morgan fingerprint density at radius 2 is 1.88 bits per heavy atom. The monoisotopic (exact) mass is 356 g/mol. The van der Waals surface area contributed by atoms with Crippen LogP contribution in [-0.4, -0.2) is 49.0 Å². The number of hydrogen-bond donors (Lipinski definition) is 1. The van der Waals surface area contributed by atoms with E-state index in [1.807, 2.05) is 0 Å². The topological polar surface area (TPSA) is 110 Å². The van der Waals surface area contributed by atoms with E-state index in [-0.39, 0.29) is 37.2 Å². The number of nitrogens with one attached hydrogen (secondary N) is 1. The van der Waals surface area contributed by atoms with Crippen molar-refractivity contribution in [3.05, 3.63) is 46.7 Å². The molecule has 0 radical (unpaired) electrons. The first-order chi connectivity index (χ1) is 12.1. The Morgan fingerprint density at radius 3 is 2.56 bits per heavy atom. The maximum absolute atomic E-state index is 12.2. The van der Waals surface area contributed by atoms with Crippen molar-refractivity contribution in [2.45, 2.75) is 13.0 Å². The molecule has 126 valence electrons. The molecule has 0 atom stereocenters. The Hall–Kier alpha value is -3.14. The highest BCUT2D eigenvalue weighted by Gasteiger charge is 2.34. The van der Waals surface area contributed by atoms with Crippen LogP contribution in [0.2, 0.25) is 0 Å². The lowest BCUT2D eigenvalue weighted by Crippen LogP contribution is -2.34. The molecular formula is C15H12N6O3S. The van der Waals surface area contributed by atoms with E-state index < -0.39 is 0 Å². The molecule has 0 fully saturated rings. The van der Waals surface area contributed by atoms with Gasteiger partial charge >= 0.3 is 0 Å². The summed E-state index contributed by atoms with van der Waals surface area (Å²) >= 11 is 1.33. The first kappa shape index (κ1) is 15.4. The van der Waals surface area contributed by atoms with E-state index in [9.17, 15) is 14.4 Å². The summed E-state index contributed by atoms with van der Waals surface area (Å²) in [6.45, 7) is 0.304. The van der Waals surface area contributed by atoms with Gasteiger partial charge in [0.2, 0.25) is 10.9 Å². The molecule has 1 aromatic carbocycles.